The van der Waals surface area contributed by atoms with Crippen molar-refractivity contribution in [2.75, 3.05) is 5.75 Å². The molecule has 1 aromatic carbocycles. The van der Waals surface area contributed by atoms with Gasteiger partial charge in [-0.3, -0.25) is 14.7 Å². The van der Waals surface area contributed by atoms with Crippen LogP contribution in [0.1, 0.15) is 19.8 Å². The molecule has 1 N–H and O–H groups in total. The van der Waals surface area contributed by atoms with Crippen LogP contribution in [0, 0.1) is 5.92 Å². The lowest BCUT2D eigenvalue weighted by molar-refractivity contribution is 0.414. The second kappa shape index (κ2) is 6.10. The maximum atomic E-state index is 12.3. The Labute approximate surface area is 116 Å². The highest BCUT2D eigenvalue weighted by Crippen LogP contribution is 2.10. The van der Waals surface area contributed by atoms with Crippen LogP contribution in [-0.2, 0) is 6.54 Å². The van der Waals surface area contributed by atoms with Gasteiger partial charge >= 0.3 is 0 Å². The van der Waals surface area contributed by atoms with Crippen molar-refractivity contribution >= 4 is 23.4 Å². The first-order chi connectivity index (χ1) is 9.17. The summed E-state index contributed by atoms with van der Waals surface area (Å²) in [5.74, 6) is 0.998. The highest BCUT2D eigenvalue weighted by atomic mass is 32.1. The lowest BCUT2D eigenvalue weighted by Gasteiger charge is -2.15. The van der Waals surface area contributed by atoms with Crippen molar-refractivity contribution in [3.63, 3.8) is 0 Å². The van der Waals surface area contributed by atoms with E-state index < -0.39 is 0 Å². The predicted octanol–water partition coefficient (Wildman–Crippen LogP) is 2.04. The Balaban J connectivity index is 2.47. The first-order valence-corrected chi connectivity index (χ1v) is 7.13. The molecule has 0 fully saturated rings. The molecule has 0 aliphatic rings. The Bertz CT molecular complexity index is 675. The van der Waals surface area contributed by atoms with E-state index in [1.54, 1.807) is 24.3 Å². The van der Waals surface area contributed by atoms with Crippen molar-refractivity contribution in [3.8, 4) is 0 Å². The van der Waals surface area contributed by atoms with Gasteiger partial charge in [0.25, 0.3) is 11.1 Å². The molecular formula is C14H18N2O2S. The van der Waals surface area contributed by atoms with Gasteiger partial charge in [0.05, 0.1) is 10.8 Å². The first-order valence-electron chi connectivity index (χ1n) is 6.50. The summed E-state index contributed by atoms with van der Waals surface area (Å²) in [6.45, 7) is 2.61. The van der Waals surface area contributed by atoms with Gasteiger partial charge in [0, 0.05) is 6.54 Å². The number of hydrogen-bond acceptors (Lipinski definition) is 3. The molecule has 0 radical (unpaired) electrons. The summed E-state index contributed by atoms with van der Waals surface area (Å²) >= 11 is 4.31. The molecule has 4 nitrogen and oxygen atoms in total. The van der Waals surface area contributed by atoms with E-state index in [4.69, 9.17) is 0 Å². The molecule has 0 aliphatic heterocycles. The Morgan fingerprint density at radius 3 is 2.58 bits per heavy atom. The summed E-state index contributed by atoms with van der Waals surface area (Å²) in [4.78, 5) is 24.2. The molecular weight excluding hydrogens is 260 g/mol. The lowest BCUT2D eigenvalue weighted by Crippen LogP contribution is -2.32. The molecule has 0 saturated carbocycles. The Hall–Kier alpha value is -1.49. The van der Waals surface area contributed by atoms with Crippen molar-refractivity contribution in [2.45, 2.75) is 26.3 Å². The molecule has 0 spiro atoms. The number of nitrogens with zero attached hydrogens (tertiary/aromatic N) is 1. The number of aromatic amines is 1. The van der Waals surface area contributed by atoms with Gasteiger partial charge in [0.15, 0.2) is 0 Å². The van der Waals surface area contributed by atoms with Crippen LogP contribution in [0.4, 0.5) is 0 Å². The van der Waals surface area contributed by atoms with Gasteiger partial charge in [0.1, 0.15) is 0 Å². The summed E-state index contributed by atoms with van der Waals surface area (Å²) < 4.78 is 1.42. The molecule has 0 bridgehead atoms. The summed E-state index contributed by atoms with van der Waals surface area (Å²) in [7, 11) is 0. The van der Waals surface area contributed by atoms with Gasteiger partial charge in [-0.05, 0) is 30.2 Å². The standard InChI is InChI=1S/C14H18N2O2S/c1-2-5-10(9-19)8-16-14(18)12-7-4-3-6-11(12)13(17)15-16/h3-4,6-7,10,19H,2,5,8-9H2,1H3,(H,15,17). The minimum atomic E-state index is -0.218. The molecule has 0 saturated heterocycles. The zero-order chi connectivity index (χ0) is 13.8. The third-order valence-electron chi connectivity index (χ3n) is 3.28. The van der Waals surface area contributed by atoms with Crippen LogP contribution in [0.15, 0.2) is 33.9 Å². The molecule has 5 heteroatoms. The fourth-order valence-electron chi connectivity index (χ4n) is 2.28. The number of fused-ring (bicyclic) bond motifs is 1. The molecule has 2 rings (SSSR count). The molecule has 0 amide bonds. The van der Waals surface area contributed by atoms with Gasteiger partial charge in [-0.1, -0.05) is 25.5 Å². The summed E-state index contributed by atoms with van der Waals surface area (Å²) in [5, 5.41) is 3.58. The number of benzene rings is 1. The van der Waals surface area contributed by atoms with Gasteiger partial charge in [-0.25, -0.2) is 4.68 Å². The third kappa shape index (κ3) is 2.92. The molecule has 1 atom stereocenters. The monoisotopic (exact) mass is 278 g/mol. The summed E-state index contributed by atoms with van der Waals surface area (Å²) in [5.41, 5.74) is -0.359. The smallest absolute Gasteiger partial charge is 0.267 e. The molecule has 102 valence electrons. The third-order valence-corrected chi connectivity index (χ3v) is 3.80. The van der Waals surface area contributed by atoms with Gasteiger partial charge in [-0.15, -0.1) is 0 Å². The van der Waals surface area contributed by atoms with Crippen molar-refractivity contribution in [3.05, 3.63) is 45.0 Å². The molecule has 19 heavy (non-hydrogen) atoms. The van der Waals surface area contributed by atoms with Crippen LogP contribution in [-0.4, -0.2) is 15.5 Å². The number of thiol groups is 1. The maximum Gasteiger partial charge on any atom is 0.273 e. The number of nitrogens with one attached hydrogen (secondary N) is 1. The van der Waals surface area contributed by atoms with Crippen LogP contribution < -0.4 is 11.1 Å². The molecule has 1 heterocycles. The highest BCUT2D eigenvalue weighted by molar-refractivity contribution is 7.80. The Morgan fingerprint density at radius 2 is 1.95 bits per heavy atom. The van der Waals surface area contributed by atoms with Crippen molar-refractivity contribution in [1.82, 2.24) is 9.78 Å². The average molecular weight is 278 g/mol. The number of rotatable bonds is 5. The summed E-state index contributed by atoms with van der Waals surface area (Å²) in [6, 6.07) is 6.89. The van der Waals surface area contributed by atoms with Crippen molar-refractivity contribution < 1.29 is 0 Å². The first kappa shape index (κ1) is 13.9. The van der Waals surface area contributed by atoms with E-state index in [2.05, 4.69) is 24.7 Å². The van der Waals surface area contributed by atoms with Crippen LogP contribution in [0.2, 0.25) is 0 Å². The van der Waals surface area contributed by atoms with Gasteiger partial charge in [0.2, 0.25) is 0 Å². The highest BCUT2D eigenvalue weighted by Gasteiger charge is 2.11. The maximum absolute atomic E-state index is 12.3. The lowest BCUT2D eigenvalue weighted by atomic mass is 10.1. The second-order valence-corrected chi connectivity index (χ2v) is 5.10. The molecule has 1 unspecified atom stereocenters. The van der Waals surface area contributed by atoms with E-state index in [1.165, 1.54) is 4.68 Å². The zero-order valence-corrected chi connectivity index (χ0v) is 11.8. The fraction of sp³-hybridized carbons (Fsp3) is 0.429. The van der Waals surface area contributed by atoms with Crippen LogP contribution in [0.25, 0.3) is 10.8 Å². The minimum absolute atomic E-state index is 0.141. The number of H-pyrrole nitrogens is 1. The zero-order valence-electron chi connectivity index (χ0n) is 10.9. The van der Waals surface area contributed by atoms with Crippen LogP contribution in [0.3, 0.4) is 0 Å². The Kier molecular flexibility index (Phi) is 4.47. The fourth-order valence-corrected chi connectivity index (χ4v) is 2.58. The van der Waals surface area contributed by atoms with E-state index in [1.807, 2.05) is 0 Å². The van der Waals surface area contributed by atoms with Gasteiger partial charge < -0.3 is 0 Å². The summed E-state index contributed by atoms with van der Waals surface area (Å²) in [6.07, 6.45) is 2.03. The van der Waals surface area contributed by atoms with E-state index in [0.717, 1.165) is 12.8 Å². The average Bonchev–Trinajstić information content (AvgIpc) is 2.44. The quantitative estimate of drug-likeness (QED) is 0.822. The molecule has 1 aromatic heterocycles. The topological polar surface area (TPSA) is 54.9 Å². The number of aromatic nitrogens is 2. The van der Waals surface area contributed by atoms with E-state index in [9.17, 15) is 9.59 Å². The SMILES string of the molecule is CCCC(CS)Cn1[nH]c(=O)c2ccccc2c1=O. The Morgan fingerprint density at radius 1 is 1.26 bits per heavy atom. The predicted molar refractivity (Wildman–Crippen MR) is 81.1 cm³/mol. The normalized spacial score (nSPS) is 12.7. The number of hydrogen-bond donors (Lipinski definition) is 2. The minimum Gasteiger partial charge on any atom is -0.267 e. The van der Waals surface area contributed by atoms with Crippen molar-refractivity contribution in [1.29, 1.82) is 0 Å². The van der Waals surface area contributed by atoms with Gasteiger partial charge in [-0.2, -0.15) is 12.6 Å². The van der Waals surface area contributed by atoms with E-state index in [0.29, 0.717) is 29.0 Å². The van der Waals surface area contributed by atoms with Crippen molar-refractivity contribution in [2.24, 2.45) is 5.92 Å². The van der Waals surface area contributed by atoms with Crippen LogP contribution >= 0.6 is 12.6 Å². The molecule has 2 aromatic rings. The second-order valence-electron chi connectivity index (χ2n) is 4.74. The van der Waals surface area contributed by atoms with Crippen LogP contribution in [0.5, 0.6) is 0 Å². The van der Waals surface area contributed by atoms with E-state index >= 15 is 0 Å². The van der Waals surface area contributed by atoms with E-state index in [-0.39, 0.29) is 11.1 Å². The molecule has 0 aliphatic carbocycles. The largest absolute Gasteiger partial charge is 0.273 e.